The summed E-state index contributed by atoms with van der Waals surface area (Å²) in [7, 11) is 0. The smallest absolute Gasteiger partial charge is 0.262 e. The molecule has 1 amide bonds. The zero-order valence-electron chi connectivity index (χ0n) is 13.0. The van der Waals surface area contributed by atoms with Crippen molar-refractivity contribution in [2.24, 2.45) is 0 Å². The van der Waals surface area contributed by atoms with Gasteiger partial charge in [-0.3, -0.25) is 4.79 Å². The molecule has 2 aromatic rings. The quantitative estimate of drug-likeness (QED) is 0.848. The normalized spacial score (nSPS) is 10.1. The van der Waals surface area contributed by atoms with E-state index in [-0.39, 0.29) is 12.5 Å². The van der Waals surface area contributed by atoms with Crippen LogP contribution in [0.1, 0.15) is 19.4 Å². The topological polar surface area (TPSA) is 47.6 Å². The second-order valence-electron chi connectivity index (χ2n) is 4.80. The molecule has 0 unspecified atom stereocenters. The summed E-state index contributed by atoms with van der Waals surface area (Å²) in [5, 5.41) is 2.80. The highest BCUT2D eigenvalue weighted by molar-refractivity contribution is 5.92. The fourth-order valence-corrected chi connectivity index (χ4v) is 2.03. The van der Waals surface area contributed by atoms with E-state index in [1.807, 2.05) is 49.4 Å². The third-order valence-electron chi connectivity index (χ3n) is 3.11. The predicted molar refractivity (Wildman–Crippen MR) is 87.6 cm³/mol. The molecule has 0 aliphatic carbocycles. The molecule has 22 heavy (non-hydrogen) atoms. The molecule has 0 heterocycles. The fraction of sp³-hybridized carbons (Fsp3) is 0.278. The van der Waals surface area contributed by atoms with E-state index in [9.17, 15) is 4.79 Å². The van der Waals surface area contributed by atoms with E-state index in [0.717, 1.165) is 12.2 Å². The lowest BCUT2D eigenvalue weighted by molar-refractivity contribution is -0.118. The van der Waals surface area contributed by atoms with Gasteiger partial charge in [0.25, 0.3) is 5.91 Å². The van der Waals surface area contributed by atoms with Gasteiger partial charge in [-0.05, 0) is 43.2 Å². The second-order valence-corrected chi connectivity index (χ2v) is 4.80. The van der Waals surface area contributed by atoms with Gasteiger partial charge in [0.1, 0.15) is 11.5 Å². The number of hydrogen-bond acceptors (Lipinski definition) is 3. The Labute approximate surface area is 131 Å². The molecule has 0 radical (unpaired) electrons. The van der Waals surface area contributed by atoms with E-state index < -0.39 is 0 Å². The molecule has 1 N–H and O–H groups in total. The molecular weight excluding hydrogens is 278 g/mol. The van der Waals surface area contributed by atoms with Crippen molar-refractivity contribution in [2.45, 2.75) is 20.3 Å². The molecule has 0 spiro atoms. The van der Waals surface area contributed by atoms with Crippen LogP contribution < -0.4 is 14.8 Å². The van der Waals surface area contributed by atoms with Crippen LogP contribution >= 0.6 is 0 Å². The number of ether oxygens (including phenoxy) is 2. The Bertz CT molecular complexity index is 625. The minimum Gasteiger partial charge on any atom is -0.494 e. The number of aryl methyl sites for hydroxylation is 1. The molecule has 0 bridgehead atoms. The van der Waals surface area contributed by atoms with Gasteiger partial charge in [0.05, 0.1) is 6.61 Å². The van der Waals surface area contributed by atoms with Crippen molar-refractivity contribution in [2.75, 3.05) is 18.5 Å². The summed E-state index contributed by atoms with van der Waals surface area (Å²) >= 11 is 0. The Morgan fingerprint density at radius 2 is 1.73 bits per heavy atom. The van der Waals surface area contributed by atoms with E-state index in [1.54, 1.807) is 6.07 Å². The van der Waals surface area contributed by atoms with Crippen LogP contribution in [0.4, 0.5) is 5.69 Å². The molecule has 0 saturated heterocycles. The first-order valence-electron chi connectivity index (χ1n) is 7.45. The molecule has 0 saturated carbocycles. The Balaban J connectivity index is 1.88. The minimum atomic E-state index is -0.199. The fourth-order valence-electron chi connectivity index (χ4n) is 2.03. The molecule has 2 aromatic carbocycles. The van der Waals surface area contributed by atoms with Crippen LogP contribution in [-0.2, 0) is 11.2 Å². The van der Waals surface area contributed by atoms with Gasteiger partial charge in [-0.25, -0.2) is 0 Å². The van der Waals surface area contributed by atoms with Crippen LogP contribution in [0.3, 0.4) is 0 Å². The maximum absolute atomic E-state index is 11.9. The molecule has 4 heteroatoms. The molecule has 2 rings (SSSR count). The van der Waals surface area contributed by atoms with Gasteiger partial charge in [-0.2, -0.15) is 0 Å². The molecule has 0 aliphatic heterocycles. The first-order chi connectivity index (χ1) is 10.7. The van der Waals surface area contributed by atoms with Crippen molar-refractivity contribution in [1.82, 2.24) is 0 Å². The van der Waals surface area contributed by atoms with Crippen molar-refractivity contribution in [3.05, 3.63) is 54.1 Å². The maximum Gasteiger partial charge on any atom is 0.262 e. The van der Waals surface area contributed by atoms with Crippen molar-refractivity contribution < 1.29 is 14.3 Å². The Morgan fingerprint density at radius 1 is 1.00 bits per heavy atom. The average Bonchev–Trinajstić information content (AvgIpc) is 2.54. The van der Waals surface area contributed by atoms with Crippen molar-refractivity contribution in [3.8, 4) is 11.5 Å². The SMILES string of the molecule is CCOc1cccc(NC(=O)COc2cccc(CC)c2)c1. The molecular formula is C18H21NO3. The zero-order valence-corrected chi connectivity index (χ0v) is 13.0. The molecule has 4 nitrogen and oxygen atoms in total. The van der Waals surface area contributed by atoms with Gasteiger partial charge in [0.15, 0.2) is 6.61 Å². The number of hydrogen-bond donors (Lipinski definition) is 1. The van der Waals surface area contributed by atoms with E-state index in [2.05, 4.69) is 12.2 Å². The molecule has 0 atom stereocenters. The Kier molecular flexibility index (Phi) is 5.83. The summed E-state index contributed by atoms with van der Waals surface area (Å²) < 4.78 is 10.9. The first kappa shape index (κ1) is 15.9. The maximum atomic E-state index is 11.9. The van der Waals surface area contributed by atoms with Crippen LogP contribution in [0.2, 0.25) is 0 Å². The van der Waals surface area contributed by atoms with Crippen LogP contribution in [-0.4, -0.2) is 19.1 Å². The van der Waals surface area contributed by atoms with Crippen LogP contribution in [0, 0.1) is 0 Å². The highest BCUT2D eigenvalue weighted by atomic mass is 16.5. The highest BCUT2D eigenvalue weighted by Gasteiger charge is 2.05. The number of carbonyl (C=O) groups is 1. The van der Waals surface area contributed by atoms with E-state index in [1.165, 1.54) is 5.56 Å². The van der Waals surface area contributed by atoms with Gasteiger partial charge >= 0.3 is 0 Å². The third kappa shape index (κ3) is 4.81. The molecule has 0 aromatic heterocycles. The number of carbonyl (C=O) groups excluding carboxylic acids is 1. The summed E-state index contributed by atoms with van der Waals surface area (Å²) in [6.07, 6.45) is 0.938. The number of anilines is 1. The third-order valence-corrected chi connectivity index (χ3v) is 3.11. The standard InChI is InChI=1S/C18H21NO3/c1-3-14-7-5-9-16(11-14)22-13-18(20)19-15-8-6-10-17(12-15)21-4-2/h5-12H,3-4,13H2,1-2H3,(H,19,20). The summed E-state index contributed by atoms with van der Waals surface area (Å²) in [5.41, 5.74) is 1.88. The number of benzene rings is 2. The van der Waals surface area contributed by atoms with Crippen LogP contribution in [0.15, 0.2) is 48.5 Å². The van der Waals surface area contributed by atoms with Crippen LogP contribution in [0.25, 0.3) is 0 Å². The van der Waals surface area contributed by atoms with Gasteiger partial charge in [0.2, 0.25) is 0 Å². The van der Waals surface area contributed by atoms with Gasteiger partial charge in [-0.1, -0.05) is 25.1 Å². The largest absolute Gasteiger partial charge is 0.494 e. The Hall–Kier alpha value is -2.49. The highest BCUT2D eigenvalue weighted by Crippen LogP contribution is 2.17. The number of nitrogens with one attached hydrogen (secondary N) is 1. The van der Waals surface area contributed by atoms with Gasteiger partial charge in [-0.15, -0.1) is 0 Å². The van der Waals surface area contributed by atoms with Crippen molar-refractivity contribution in [3.63, 3.8) is 0 Å². The summed E-state index contributed by atoms with van der Waals surface area (Å²) in [6.45, 7) is 4.57. The first-order valence-corrected chi connectivity index (χ1v) is 7.45. The average molecular weight is 299 g/mol. The Morgan fingerprint density at radius 3 is 2.45 bits per heavy atom. The summed E-state index contributed by atoms with van der Waals surface area (Å²) in [6, 6.07) is 15.1. The molecule has 116 valence electrons. The number of rotatable bonds is 7. The lowest BCUT2D eigenvalue weighted by Gasteiger charge is -2.09. The monoisotopic (exact) mass is 299 g/mol. The lowest BCUT2D eigenvalue weighted by Crippen LogP contribution is -2.20. The van der Waals surface area contributed by atoms with Gasteiger partial charge in [0, 0.05) is 11.8 Å². The minimum absolute atomic E-state index is 0.0218. The summed E-state index contributed by atoms with van der Waals surface area (Å²) in [4.78, 5) is 11.9. The van der Waals surface area contributed by atoms with E-state index >= 15 is 0 Å². The summed E-state index contributed by atoms with van der Waals surface area (Å²) in [5.74, 6) is 1.24. The zero-order chi connectivity index (χ0) is 15.8. The predicted octanol–water partition coefficient (Wildman–Crippen LogP) is 3.67. The van der Waals surface area contributed by atoms with Crippen molar-refractivity contribution in [1.29, 1.82) is 0 Å². The lowest BCUT2D eigenvalue weighted by atomic mass is 10.2. The molecule has 0 aliphatic rings. The second kappa shape index (κ2) is 8.08. The van der Waals surface area contributed by atoms with Crippen LogP contribution in [0.5, 0.6) is 11.5 Å². The van der Waals surface area contributed by atoms with Crippen molar-refractivity contribution >= 4 is 11.6 Å². The molecule has 0 fully saturated rings. The van der Waals surface area contributed by atoms with E-state index in [4.69, 9.17) is 9.47 Å². The van der Waals surface area contributed by atoms with Gasteiger partial charge < -0.3 is 14.8 Å². The van der Waals surface area contributed by atoms with E-state index in [0.29, 0.717) is 18.0 Å². The number of amides is 1.